The van der Waals surface area contributed by atoms with Gasteiger partial charge in [-0.1, -0.05) is 54.9 Å². The van der Waals surface area contributed by atoms with Crippen LogP contribution in [-0.4, -0.2) is 58.5 Å². The minimum Gasteiger partial charge on any atom is -0.493 e. The molecule has 214 valence electrons. The highest BCUT2D eigenvalue weighted by Gasteiger charge is 2.34. The Kier molecular flexibility index (Phi) is 10.8. The van der Waals surface area contributed by atoms with Gasteiger partial charge >= 0.3 is 0 Å². The molecule has 0 saturated heterocycles. The molecule has 0 aliphatic heterocycles. The van der Waals surface area contributed by atoms with Crippen LogP contribution in [-0.2, 0) is 26.2 Å². The van der Waals surface area contributed by atoms with E-state index in [1.165, 1.54) is 43.4 Å². The van der Waals surface area contributed by atoms with Crippen LogP contribution < -0.4 is 19.1 Å². The normalized spacial score (nSPS) is 11.8. The number of nitrogens with zero attached hydrogens (tertiary/aromatic N) is 2. The van der Waals surface area contributed by atoms with E-state index in [0.29, 0.717) is 35.1 Å². The average Bonchev–Trinajstić information content (AvgIpc) is 2.96. The Morgan fingerprint density at radius 2 is 1.57 bits per heavy atom. The maximum atomic E-state index is 14.0. The van der Waals surface area contributed by atoms with Gasteiger partial charge in [-0.25, -0.2) is 8.42 Å². The first-order chi connectivity index (χ1) is 19.2. The molecule has 0 aliphatic rings. The molecule has 0 heterocycles. The fourth-order valence-electron chi connectivity index (χ4n) is 4.25. The number of methoxy groups -OCH3 is 2. The van der Waals surface area contributed by atoms with Crippen LogP contribution in [0.4, 0.5) is 5.69 Å². The van der Waals surface area contributed by atoms with E-state index in [1.54, 1.807) is 62.4 Å². The first kappa shape index (κ1) is 30.8. The number of benzene rings is 3. The van der Waals surface area contributed by atoms with Gasteiger partial charge in [0.05, 0.1) is 24.8 Å². The van der Waals surface area contributed by atoms with Crippen molar-refractivity contribution in [3.05, 3.63) is 83.4 Å². The summed E-state index contributed by atoms with van der Waals surface area (Å²) in [5, 5.41) is 3.20. The summed E-state index contributed by atoms with van der Waals surface area (Å²) in [4.78, 5) is 28.5. The number of rotatable bonds is 13. The predicted molar refractivity (Wildman–Crippen MR) is 155 cm³/mol. The Balaban J connectivity index is 2.11. The number of ether oxygens (including phenoxy) is 2. The van der Waals surface area contributed by atoms with Crippen molar-refractivity contribution < 1.29 is 27.5 Å². The molecule has 9 nitrogen and oxygen atoms in total. The highest BCUT2D eigenvalue weighted by atomic mass is 35.5. The summed E-state index contributed by atoms with van der Waals surface area (Å²) in [5.41, 5.74) is 0.822. The van der Waals surface area contributed by atoms with E-state index in [2.05, 4.69) is 5.32 Å². The highest BCUT2D eigenvalue weighted by Crippen LogP contribution is 2.34. The molecule has 40 heavy (non-hydrogen) atoms. The smallest absolute Gasteiger partial charge is 0.264 e. The zero-order valence-electron chi connectivity index (χ0n) is 23.0. The number of anilines is 1. The molecular formula is C29H34ClN3O6S. The number of nitrogens with one attached hydrogen (secondary N) is 1. The molecule has 3 aromatic rings. The Morgan fingerprint density at radius 1 is 0.925 bits per heavy atom. The first-order valence-corrected chi connectivity index (χ1v) is 14.6. The number of hydrogen-bond donors (Lipinski definition) is 1. The molecule has 0 radical (unpaired) electrons. The number of carbonyl (C=O) groups excluding carboxylic acids is 2. The molecule has 3 aromatic carbocycles. The van der Waals surface area contributed by atoms with Gasteiger partial charge in [0.15, 0.2) is 11.5 Å². The topological polar surface area (TPSA) is 105 Å². The lowest BCUT2D eigenvalue weighted by molar-refractivity contribution is -0.140. The number of amides is 2. The third-order valence-corrected chi connectivity index (χ3v) is 8.46. The van der Waals surface area contributed by atoms with Gasteiger partial charge in [0.2, 0.25) is 11.8 Å². The summed E-state index contributed by atoms with van der Waals surface area (Å²) in [6, 6.07) is 18.6. The van der Waals surface area contributed by atoms with Gasteiger partial charge in [-0.3, -0.25) is 13.9 Å². The molecule has 0 saturated carbocycles. The Hall–Kier alpha value is -3.76. The third-order valence-electron chi connectivity index (χ3n) is 6.30. The van der Waals surface area contributed by atoms with Crippen LogP contribution in [0.25, 0.3) is 0 Å². The van der Waals surface area contributed by atoms with Crippen molar-refractivity contribution in [2.75, 3.05) is 31.6 Å². The lowest BCUT2D eigenvalue weighted by atomic mass is 10.1. The standard InChI is InChI=1S/C29H34ClN3O6S/c1-5-25(29(35)31-6-2)32(19-21-12-10-11-15-24(21)30)28(34)20-33(40(36,37)23-13-8-7-9-14-23)22-16-17-26(38-3)27(18-22)39-4/h7-18,25H,5-6,19-20H2,1-4H3,(H,31,35)/t25-/m0/s1. The van der Waals surface area contributed by atoms with Gasteiger partial charge in [0.25, 0.3) is 10.0 Å². The molecule has 0 aromatic heterocycles. The maximum absolute atomic E-state index is 14.0. The number of carbonyl (C=O) groups is 2. The number of likely N-dealkylation sites (N-methyl/N-ethyl adjacent to an activating group) is 1. The molecule has 0 unspecified atom stereocenters. The summed E-state index contributed by atoms with van der Waals surface area (Å²) < 4.78 is 39.5. The van der Waals surface area contributed by atoms with Gasteiger partial charge in [0.1, 0.15) is 12.6 Å². The van der Waals surface area contributed by atoms with Crippen molar-refractivity contribution in [3.63, 3.8) is 0 Å². The number of halogens is 1. The van der Waals surface area contributed by atoms with E-state index >= 15 is 0 Å². The predicted octanol–water partition coefficient (Wildman–Crippen LogP) is 4.50. The van der Waals surface area contributed by atoms with Gasteiger partial charge in [-0.05, 0) is 49.2 Å². The zero-order valence-corrected chi connectivity index (χ0v) is 24.5. The Morgan fingerprint density at radius 3 is 2.17 bits per heavy atom. The summed E-state index contributed by atoms with van der Waals surface area (Å²) in [6.45, 7) is 3.39. The summed E-state index contributed by atoms with van der Waals surface area (Å²) in [7, 11) is -1.30. The maximum Gasteiger partial charge on any atom is 0.264 e. The third kappa shape index (κ3) is 7.05. The van der Waals surface area contributed by atoms with Gasteiger partial charge in [-0.2, -0.15) is 0 Å². The number of hydrogen-bond acceptors (Lipinski definition) is 6. The lowest BCUT2D eigenvalue weighted by Crippen LogP contribution is -2.52. The van der Waals surface area contributed by atoms with E-state index in [-0.39, 0.29) is 23.0 Å². The van der Waals surface area contributed by atoms with Crippen LogP contribution in [0.3, 0.4) is 0 Å². The van der Waals surface area contributed by atoms with E-state index in [1.807, 2.05) is 0 Å². The van der Waals surface area contributed by atoms with Crippen LogP contribution in [0.5, 0.6) is 11.5 Å². The van der Waals surface area contributed by atoms with Crippen LogP contribution in [0.1, 0.15) is 25.8 Å². The molecule has 3 rings (SSSR count). The summed E-state index contributed by atoms with van der Waals surface area (Å²) >= 11 is 6.41. The lowest BCUT2D eigenvalue weighted by Gasteiger charge is -2.33. The van der Waals surface area contributed by atoms with E-state index < -0.39 is 28.5 Å². The van der Waals surface area contributed by atoms with Crippen LogP contribution in [0.15, 0.2) is 77.7 Å². The zero-order chi connectivity index (χ0) is 29.3. The van der Waals surface area contributed by atoms with Crippen LogP contribution in [0, 0.1) is 0 Å². The first-order valence-electron chi connectivity index (χ1n) is 12.8. The largest absolute Gasteiger partial charge is 0.493 e. The second-order valence-electron chi connectivity index (χ2n) is 8.80. The molecule has 0 spiro atoms. The van der Waals surface area contributed by atoms with Crippen LogP contribution >= 0.6 is 11.6 Å². The molecule has 11 heteroatoms. The monoisotopic (exact) mass is 587 g/mol. The summed E-state index contributed by atoms with van der Waals surface area (Å²) in [5.74, 6) is -0.221. The van der Waals surface area contributed by atoms with Gasteiger partial charge in [0, 0.05) is 24.2 Å². The van der Waals surface area contributed by atoms with Crippen molar-refractivity contribution in [1.82, 2.24) is 10.2 Å². The Bertz CT molecular complexity index is 1420. The minimum absolute atomic E-state index is 0.00556. The second kappa shape index (κ2) is 14.0. The minimum atomic E-state index is -4.21. The van der Waals surface area contributed by atoms with Crippen LogP contribution in [0.2, 0.25) is 5.02 Å². The fraction of sp³-hybridized carbons (Fsp3) is 0.310. The molecular weight excluding hydrogens is 554 g/mol. The molecule has 0 aliphatic carbocycles. The van der Waals surface area contributed by atoms with E-state index in [4.69, 9.17) is 21.1 Å². The Labute approximate surface area is 240 Å². The highest BCUT2D eigenvalue weighted by molar-refractivity contribution is 7.92. The van der Waals surface area contributed by atoms with Gasteiger partial charge in [-0.15, -0.1) is 0 Å². The second-order valence-corrected chi connectivity index (χ2v) is 11.1. The van der Waals surface area contributed by atoms with Crippen molar-refractivity contribution in [1.29, 1.82) is 0 Å². The van der Waals surface area contributed by atoms with Crippen molar-refractivity contribution in [2.45, 2.75) is 37.8 Å². The molecule has 0 bridgehead atoms. The van der Waals surface area contributed by atoms with Gasteiger partial charge < -0.3 is 19.7 Å². The molecule has 0 fully saturated rings. The quantitative estimate of drug-likeness (QED) is 0.316. The van der Waals surface area contributed by atoms with Crippen molar-refractivity contribution in [2.24, 2.45) is 0 Å². The average molecular weight is 588 g/mol. The van der Waals surface area contributed by atoms with Crippen molar-refractivity contribution in [3.8, 4) is 11.5 Å². The molecule has 2 amide bonds. The fourth-order valence-corrected chi connectivity index (χ4v) is 5.87. The summed E-state index contributed by atoms with van der Waals surface area (Å²) in [6.07, 6.45) is 0.309. The SMILES string of the molecule is CCNC(=O)[C@H](CC)N(Cc1ccccc1Cl)C(=O)CN(c1ccc(OC)c(OC)c1)S(=O)(=O)c1ccccc1. The number of sulfonamides is 1. The van der Waals surface area contributed by atoms with E-state index in [0.717, 1.165) is 4.31 Å². The van der Waals surface area contributed by atoms with E-state index in [9.17, 15) is 18.0 Å². The van der Waals surface area contributed by atoms with Crippen molar-refractivity contribution >= 4 is 39.1 Å². The molecule has 1 atom stereocenters. The molecule has 1 N–H and O–H groups in total.